The number of rotatable bonds is 8. The maximum atomic E-state index is 12.6. The predicted molar refractivity (Wildman–Crippen MR) is 114 cm³/mol. The van der Waals surface area contributed by atoms with Gasteiger partial charge in [0, 0.05) is 11.8 Å². The number of carbonyl (C=O) groups is 3. The molecule has 0 aliphatic rings. The topological polar surface area (TPSA) is 131 Å². The third kappa shape index (κ3) is 5.19. The molecule has 0 saturated carbocycles. The van der Waals surface area contributed by atoms with Crippen LogP contribution in [0.5, 0.6) is 5.75 Å². The van der Waals surface area contributed by atoms with E-state index in [1.54, 1.807) is 36.6 Å². The van der Waals surface area contributed by atoms with E-state index in [0.29, 0.717) is 33.0 Å². The maximum Gasteiger partial charge on any atom is 0.303 e. The summed E-state index contributed by atoms with van der Waals surface area (Å²) in [4.78, 5) is 44.4. The number of anilines is 2. The molecule has 0 radical (unpaired) electrons. The zero-order valence-electron chi connectivity index (χ0n) is 16.1. The summed E-state index contributed by atoms with van der Waals surface area (Å²) < 4.78 is 5.21. The van der Waals surface area contributed by atoms with E-state index in [4.69, 9.17) is 9.84 Å². The highest BCUT2D eigenvalue weighted by molar-refractivity contribution is 7.20. The fraction of sp³-hybridized carbons (Fsp3) is 0.211. The molecule has 0 unspecified atom stereocenters. The molecular weight excluding hydrogens is 428 g/mol. The number of hydrogen-bond acceptors (Lipinski definition) is 8. The van der Waals surface area contributed by atoms with Gasteiger partial charge in [-0.05, 0) is 19.1 Å². The number of aliphatic carboxylic acids is 1. The third-order valence-electron chi connectivity index (χ3n) is 3.92. The van der Waals surface area contributed by atoms with E-state index in [2.05, 4.69) is 20.6 Å². The summed E-state index contributed by atoms with van der Waals surface area (Å²) in [6, 6.07) is 6.89. The lowest BCUT2D eigenvalue weighted by Gasteiger charge is -2.06. The van der Waals surface area contributed by atoms with E-state index < -0.39 is 11.9 Å². The van der Waals surface area contributed by atoms with E-state index in [-0.39, 0.29) is 18.7 Å². The average molecular weight is 447 g/mol. The lowest BCUT2D eigenvalue weighted by atomic mass is 10.2. The second kappa shape index (κ2) is 9.46. The molecule has 3 aromatic rings. The summed E-state index contributed by atoms with van der Waals surface area (Å²) in [6.45, 7) is 1.80. The number of nitrogens with zero attached hydrogens (tertiary/aromatic N) is 2. The number of carboxylic acids is 1. The summed E-state index contributed by atoms with van der Waals surface area (Å²) in [5.74, 6) is -1.32. The first kappa shape index (κ1) is 21.4. The van der Waals surface area contributed by atoms with Crippen LogP contribution in [0.2, 0.25) is 0 Å². The molecule has 0 bridgehead atoms. The first-order valence-corrected chi connectivity index (χ1v) is 10.5. The van der Waals surface area contributed by atoms with Crippen molar-refractivity contribution in [3.05, 3.63) is 40.9 Å². The van der Waals surface area contributed by atoms with E-state index in [1.807, 2.05) is 0 Å². The van der Waals surface area contributed by atoms with Crippen molar-refractivity contribution < 1.29 is 24.2 Å². The van der Waals surface area contributed by atoms with Gasteiger partial charge < -0.3 is 15.2 Å². The number of methoxy groups -OCH3 is 1. The summed E-state index contributed by atoms with van der Waals surface area (Å²) in [5, 5.41) is 16.5. The minimum Gasteiger partial charge on any atom is -0.496 e. The Labute approximate surface area is 179 Å². The van der Waals surface area contributed by atoms with E-state index in [9.17, 15) is 14.4 Å². The highest BCUT2D eigenvalue weighted by atomic mass is 32.1. The molecule has 11 heteroatoms. The van der Waals surface area contributed by atoms with Crippen LogP contribution in [0.4, 0.5) is 10.3 Å². The molecule has 0 saturated heterocycles. The largest absolute Gasteiger partial charge is 0.496 e. The molecule has 1 aromatic carbocycles. The van der Waals surface area contributed by atoms with Crippen LogP contribution in [0.1, 0.15) is 28.9 Å². The second-order valence-corrected chi connectivity index (χ2v) is 7.92. The molecule has 2 aromatic heterocycles. The molecule has 0 atom stereocenters. The van der Waals surface area contributed by atoms with Gasteiger partial charge in [0.05, 0.1) is 35.4 Å². The Morgan fingerprint density at radius 2 is 1.87 bits per heavy atom. The molecular formula is C19H18N4O5S2. The molecule has 156 valence electrons. The van der Waals surface area contributed by atoms with Gasteiger partial charge in [-0.1, -0.05) is 23.5 Å². The van der Waals surface area contributed by atoms with Crippen LogP contribution in [0.3, 0.4) is 0 Å². The Kier molecular flexibility index (Phi) is 6.75. The quantitative estimate of drug-likeness (QED) is 0.481. The minimum absolute atomic E-state index is 0.122. The van der Waals surface area contributed by atoms with Crippen molar-refractivity contribution in [3.8, 4) is 16.3 Å². The van der Waals surface area contributed by atoms with Crippen molar-refractivity contribution in [1.29, 1.82) is 0 Å². The summed E-state index contributed by atoms with van der Waals surface area (Å²) in [6.07, 6.45) is -0.365. The van der Waals surface area contributed by atoms with Gasteiger partial charge in [0.15, 0.2) is 10.3 Å². The Bertz CT molecular complexity index is 1090. The lowest BCUT2D eigenvalue weighted by molar-refractivity contribution is -0.138. The first-order chi connectivity index (χ1) is 14.4. The number of nitrogens with one attached hydrogen (secondary N) is 2. The fourth-order valence-electron chi connectivity index (χ4n) is 2.52. The highest BCUT2D eigenvalue weighted by Crippen LogP contribution is 2.35. The molecule has 30 heavy (non-hydrogen) atoms. The monoisotopic (exact) mass is 446 g/mol. The number of aryl methyl sites for hydroxylation is 1. The fourth-order valence-corrected chi connectivity index (χ4v) is 4.24. The van der Waals surface area contributed by atoms with Crippen molar-refractivity contribution in [2.24, 2.45) is 0 Å². The van der Waals surface area contributed by atoms with Gasteiger partial charge in [-0.25, -0.2) is 9.97 Å². The van der Waals surface area contributed by atoms with Crippen LogP contribution in [0, 0.1) is 6.92 Å². The molecule has 0 aliphatic carbocycles. The van der Waals surface area contributed by atoms with Crippen LogP contribution in [-0.4, -0.2) is 40.0 Å². The Morgan fingerprint density at radius 3 is 2.60 bits per heavy atom. The molecule has 2 heterocycles. The molecule has 3 N–H and O–H groups in total. The SMILES string of the molecule is COc1ccccc1C(=O)Nc1nc(C)c(-c2csc(NC(=O)CCC(=O)O)n2)s1. The van der Waals surface area contributed by atoms with Crippen molar-refractivity contribution in [2.75, 3.05) is 17.7 Å². The smallest absolute Gasteiger partial charge is 0.303 e. The zero-order chi connectivity index (χ0) is 21.7. The third-order valence-corrected chi connectivity index (χ3v) is 5.77. The Hall–Kier alpha value is -3.31. The maximum absolute atomic E-state index is 12.6. The number of aromatic nitrogens is 2. The lowest BCUT2D eigenvalue weighted by Crippen LogP contribution is -2.12. The summed E-state index contributed by atoms with van der Waals surface area (Å²) in [7, 11) is 1.50. The van der Waals surface area contributed by atoms with Gasteiger partial charge >= 0.3 is 5.97 Å². The number of ether oxygens (including phenoxy) is 1. The molecule has 9 nitrogen and oxygen atoms in total. The summed E-state index contributed by atoms with van der Waals surface area (Å²) in [5.41, 5.74) is 1.69. The zero-order valence-corrected chi connectivity index (χ0v) is 17.7. The standard InChI is InChI=1S/C19H18N4O5S2/c1-10-16(12-9-29-18(21-12)22-14(24)7-8-15(25)26)30-19(20-10)23-17(27)11-5-3-4-6-13(11)28-2/h3-6,9H,7-8H2,1-2H3,(H,25,26)(H,20,23,27)(H,21,22,24). The Balaban J connectivity index is 1.71. The van der Waals surface area contributed by atoms with Gasteiger partial charge in [-0.2, -0.15) is 0 Å². The van der Waals surface area contributed by atoms with Crippen LogP contribution >= 0.6 is 22.7 Å². The Morgan fingerprint density at radius 1 is 1.10 bits per heavy atom. The molecule has 2 amide bonds. The highest BCUT2D eigenvalue weighted by Gasteiger charge is 2.18. The number of para-hydroxylation sites is 1. The normalized spacial score (nSPS) is 10.5. The van der Waals surface area contributed by atoms with E-state index >= 15 is 0 Å². The second-order valence-electron chi connectivity index (χ2n) is 6.07. The number of carbonyl (C=O) groups excluding carboxylic acids is 2. The number of thiazole rings is 2. The van der Waals surface area contributed by atoms with Gasteiger partial charge in [-0.15, -0.1) is 11.3 Å². The van der Waals surface area contributed by atoms with Crippen LogP contribution in [-0.2, 0) is 9.59 Å². The van der Waals surface area contributed by atoms with Gasteiger partial charge in [-0.3, -0.25) is 19.7 Å². The van der Waals surface area contributed by atoms with Crippen molar-refractivity contribution in [1.82, 2.24) is 9.97 Å². The van der Waals surface area contributed by atoms with Crippen molar-refractivity contribution in [3.63, 3.8) is 0 Å². The van der Waals surface area contributed by atoms with Gasteiger partial charge in [0.2, 0.25) is 5.91 Å². The van der Waals surface area contributed by atoms with Crippen LogP contribution in [0.25, 0.3) is 10.6 Å². The minimum atomic E-state index is -1.03. The van der Waals surface area contributed by atoms with Gasteiger partial charge in [0.25, 0.3) is 5.91 Å². The number of amides is 2. The molecule has 0 spiro atoms. The summed E-state index contributed by atoms with van der Waals surface area (Å²) >= 11 is 2.49. The van der Waals surface area contributed by atoms with Crippen LogP contribution in [0.15, 0.2) is 29.6 Å². The molecule has 3 rings (SSSR count). The predicted octanol–water partition coefficient (Wildman–Crippen LogP) is 3.64. The number of benzene rings is 1. The van der Waals surface area contributed by atoms with Crippen molar-refractivity contribution >= 4 is 50.7 Å². The number of carboxylic acid groups (broad SMARTS) is 1. The first-order valence-electron chi connectivity index (χ1n) is 8.76. The van der Waals surface area contributed by atoms with E-state index in [0.717, 1.165) is 4.88 Å². The molecule has 0 fully saturated rings. The average Bonchev–Trinajstić information content (AvgIpc) is 3.32. The number of hydrogen-bond donors (Lipinski definition) is 3. The van der Waals surface area contributed by atoms with Crippen LogP contribution < -0.4 is 15.4 Å². The van der Waals surface area contributed by atoms with Gasteiger partial charge in [0.1, 0.15) is 5.75 Å². The molecule has 0 aliphatic heterocycles. The van der Waals surface area contributed by atoms with E-state index in [1.165, 1.54) is 29.8 Å². The van der Waals surface area contributed by atoms with Crippen molar-refractivity contribution in [2.45, 2.75) is 19.8 Å².